The minimum absolute atomic E-state index is 0.00658. The molecule has 162 valence electrons. The minimum Gasteiger partial charge on any atom is -0.497 e. The number of nitrogens with one attached hydrogen (secondary N) is 1. The fourth-order valence-electron chi connectivity index (χ4n) is 3.24. The van der Waals surface area contributed by atoms with Crippen molar-refractivity contribution in [2.75, 3.05) is 14.2 Å². The molecule has 8 nitrogen and oxygen atoms in total. The van der Waals surface area contributed by atoms with Crippen molar-refractivity contribution in [1.29, 1.82) is 0 Å². The molecule has 2 N–H and O–H groups in total. The maximum Gasteiger partial charge on any atom is 0.331 e. The average molecular weight is 423 g/mol. The first-order valence-corrected chi connectivity index (χ1v) is 9.82. The summed E-state index contributed by atoms with van der Waals surface area (Å²) in [7, 11) is 3.12. The van der Waals surface area contributed by atoms with Crippen LogP contribution in [0.25, 0.3) is 0 Å². The molecule has 0 radical (unpaired) electrons. The molecule has 3 rings (SSSR count). The van der Waals surface area contributed by atoms with E-state index < -0.39 is 17.1 Å². The number of benzene rings is 2. The van der Waals surface area contributed by atoms with Gasteiger partial charge in [0.25, 0.3) is 5.56 Å². The maximum atomic E-state index is 12.5. The van der Waals surface area contributed by atoms with Gasteiger partial charge in [-0.15, -0.1) is 0 Å². The van der Waals surface area contributed by atoms with Crippen LogP contribution in [0.15, 0.2) is 63.1 Å². The Kier molecular flexibility index (Phi) is 6.92. The van der Waals surface area contributed by atoms with Gasteiger partial charge in [0.05, 0.1) is 33.0 Å². The summed E-state index contributed by atoms with van der Waals surface area (Å²) in [6.45, 7) is 2.20. The van der Waals surface area contributed by atoms with Gasteiger partial charge < -0.3 is 14.6 Å². The highest BCUT2D eigenvalue weighted by Gasteiger charge is 2.18. The molecule has 0 saturated heterocycles. The van der Waals surface area contributed by atoms with Gasteiger partial charge in [-0.3, -0.25) is 19.3 Å². The maximum absolute atomic E-state index is 12.5. The molecular formula is C23H25N3O5. The largest absolute Gasteiger partial charge is 0.497 e. The molecule has 2 aromatic carbocycles. The van der Waals surface area contributed by atoms with Crippen LogP contribution in [0, 0.1) is 0 Å². The Bertz CT molecular complexity index is 1170. The molecule has 0 spiro atoms. The van der Waals surface area contributed by atoms with Gasteiger partial charge >= 0.3 is 5.69 Å². The van der Waals surface area contributed by atoms with Crippen molar-refractivity contribution in [2.45, 2.75) is 26.4 Å². The van der Waals surface area contributed by atoms with Crippen LogP contribution >= 0.6 is 0 Å². The highest BCUT2D eigenvalue weighted by molar-refractivity contribution is 6.01. The third kappa shape index (κ3) is 5.03. The minimum atomic E-state index is -0.678. The van der Waals surface area contributed by atoms with Crippen LogP contribution in [0.4, 0.5) is 0 Å². The Morgan fingerprint density at radius 1 is 1.03 bits per heavy atom. The molecule has 0 fully saturated rings. The van der Waals surface area contributed by atoms with E-state index in [0.29, 0.717) is 23.6 Å². The summed E-state index contributed by atoms with van der Waals surface area (Å²) in [4.78, 5) is 31.7. The predicted octanol–water partition coefficient (Wildman–Crippen LogP) is 2.71. The van der Waals surface area contributed by atoms with Gasteiger partial charge in [0, 0.05) is 6.07 Å². The number of hydrogen-bond acceptors (Lipinski definition) is 6. The Balaban J connectivity index is 2.00. The normalized spacial score (nSPS) is 11.4. The zero-order chi connectivity index (χ0) is 22.4. The van der Waals surface area contributed by atoms with E-state index >= 15 is 0 Å². The highest BCUT2D eigenvalue weighted by atomic mass is 16.5. The molecule has 0 aliphatic rings. The molecular weight excluding hydrogens is 398 g/mol. The van der Waals surface area contributed by atoms with Crippen LogP contribution in [0.3, 0.4) is 0 Å². The molecule has 0 aliphatic carbocycles. The summed E-state index contributed by atoms with van der Waals surface area (Å²) in [5, 5.41) is 10.8. The van der Waals surface area contributed by atoms with Crippen LogP contribution in [-0.2, 0) is 13.1 Å². The standard InChI is InChI=1S/C23H25N3O5/c1-4-19(24-13-16-10-17(30-2)12-18(11-16)31-3)20-21(27)25-23(29)26(22(20)28)14-15-8-6-5-7-9-15/h5-12,28H,4,13-14H2,1-3H3,(H,25,27,29). The zero-order valence-electron chi connectivity index (χ0n) is 17.7. The van der Waals surface area contributed by atoms with E-state index in [-0.39, 0.29) is 18.7 Å². The molecule has 0 atom stereocenters. The Hall–Kier alpha value is -3.81. The van der Waals surface area contributed by atoms with Crippen LogP contribution in [0.2, 0.25) is 0 Å². The van der Waals surface area contributed by atoms with Crippen molar-refractivity contribution < 1.29 is 14.6 Å². The summed E-state index contributed by atoms with van der Waals surface area (Å²) < 4.78 is 11.7. The topological polar surface area (TPSA) is 106 Å². The van der Waals surface area contributed by atoms with Crippen molar-refractivity contribution in [2.24, 2.45) is 4.99 Å². The molecule has 0 unspecified atom stereocenters. The number of rotatable bonds is 8. The Morgan fingerprint density at radius 3 is 2.26 bits per heavy atom. The number of methoxy groups -OCH3 is 2. The predicted molar refractivity (Wildman–Crippen MR) is 119 cm³/mol. The molecule has 1 aromatic heterocycles. The van der Waals surface area contributed by atoms with Gasteiger partial charge in [-0.25, -0.2) is 4.79 Å². The van der Waals surface area contributed by atoms with Crippen molar-refractivity contribution >= 4 is 5.71 Å². The molecule has 0 amide bonds. The molecule has 0 bridgehead atoms. The summed E-state index contributed by atoms with van der Waals surface area (Å²) >= 11 is 0. The number of ether oxygens (including phenoxy) is 2. The van der Waals surface area contributed by atoms with E-state index in [2.05, 4.69) is 9.98 Å². The van der Waals surface area contributed by atoms with E-state index in [1.807, 2.05) is 49.4 Å². The summed E-state index contributed by atoms with van der Waals surface area (Å²) in [5.74, 6) is 0.848. The first-order valence-electron chi connectivity index (χ1n) is 9.82. The smallest absolute Gasteiger partial charge is 0.331 e. The van der Waals surface area contributed by atoms with Gasteiger partial charge in [0.1, 0.15) is 17.1 Å². The van der Waals surface area contributed by atoms with Gasteiger partial charge in [-0.05, 0) is 29.7 Å². The van der Waals surface area contributed by atoms with Crippen LogP contribution in [-0.4, -0.2) is 34.6 Å². The second kappa shape index (κ2) is 9.80. The number of H-pyrrole nitrogens is 1. The molecule has 3 aromatic rings. The zero-order valence-corrected chi connectivity index (χ0v) is 17.7. The number of aromatic hydroxyl groups is 1. The van der Waals surface area contributed by atoms with Gasteiger partial charge in [0.2, 0.25) is 5.88 Å². The van der Waals surface area contributed by atoms with E-state index in [1.54, 1.807) is 20.3 Å². The fraction of sp³-hybridized carbons (Fsp3) is 0.261. The van der Waals surface area contributed by atoms with Crippen molar-refractivity contribution in [3.63, 3.8) is 0 Å². The number of aromatic nitrogens is 2. The lowest BCUT2D eigenvalue weighted by atomic mass is 10.1. The molecule has 8 heteroatoms. The first kappa shape index (κ1) is 21.9. The lowest BCUT2D eigenvalue weighted by Gasteiger charge is -2.13. The number of hydrogen-bond donors (Lipinski definition) is 2. The highest BCUT2D eigenvalue weighted by Crippen LogP contribution is 2.23. The van der Waals surface area contributed by atoms with Gasteiger partial charge in [-0.1, -0.05) is 37.3 Å². The summed E-state index contributed by atoms with van der Waals surface area (Å²) in [6.07, 6.45) is 0.390. The molecule has 31 heavy (non-hydrogen) atoms. The van der Waals surface area contributed by atoms with Crippen LogP contribution in [0.1, 0.15) is 30.0 Å². The lowest BCUT2D eigenvalue weighted by molar-refractivity contribution is 0.393. The van der Waals surface area contributed by atoms with Crippen molar-refractivity contribution in [3.05, 3.63) is 86.1 Å². The summed E-state index contributed by atoms with van der Waals surface area (Å²) in [5.41, 5.74) is 0.668. The molecule has 0 aliphatic heterocycles. The second-order valence-corrected chi connectivity index (χ2v) is 6.87. The summed E-state index contributed by atoms with van der Waals surface area (Å²) in [6, 6.07) is 14.6. The third-order valence-electron chi connectivity index (χ3n) is 4.84. The van der Waals surface area contributed by atoms with E-state index in [9.17, 15) is 14.7 Å². The van der Waals surface area contributed by atoms with E-state index in [4.69, 9.17) is 9.47 Å². The quantitative estimate of drug-likeness (QED) is 0.542. The molecule has 1 heterocycles. The number of nitrogens with zero attached hydrogens (tertiary/aromatic N) is 2. The average Bonchev–Trinajstić information content (AvgIpc) is 2.79. The van der Waals surface area contributed by atoms with Crippen LogP contribution in [0.5, 0.6) is 17.4 Å². The number of aliphatic imine (C=N–C) groups is 1. The van der Waals surface area contributed by atoms with Crippen LogP contribution < -0.4 is 20.7 Å². The van der Waals surface area contributed by atoms with E-state index in [1.165, 1.54) is 0 Å². The Morgan fingerprint density at radius 2 is 1.68 bits per heavy atom. The Labute approximate surface area is 179 Å². The van der Waals surface area contributed by atoms with Gasteiger partial charge in [-0.2, -0.15) is 0 Å². The first-order chi connectivity index (χ1) is 15.0. The monoisotopic (exact) mass is 423 g/mol. The molecule has 0 saturated carbocycles. The van der Waals surface area contributed by atoms with Crippen molar-refractivity contribution in [1.82, 2.24) is 9.55 Å². The fourth-order valence-corrected chi connectivity index (χ4v) is 3.24. The number of aromatic amines is 1. The van der Waals surface area contributed by atoms with E-state index in [0.717, 1.165) is 15.7 Å². The second-order valence-electron chi connectivity index (χ2n) is 6.87. The lowest BCUT2D eigenvalue weighted by Crippen LogP contribution is -2.34. The van der Waals surface area contributed by atoms with Crippen molar-refractivity contribution in [3.8, 4) is 17.4 Å². The SMILES string of the molecule is CCC(=NCc1cc(OC)cc(OC)c1)c1c(O)n(Cc2ccccc2)c(=O)[nH]c1=O. The third-order valence-corrected chi connectivity index (χ3v) is 4.84. The van der Waals surface area contributed by atoms with Gasteiger partial charge in [0.15, 0.2) is 0 Å².